The average molecular weight is 804 g/mol. The SMILES string of the molecule is CCN1CCN(C(=O)N[C@@H](C(=O)N[C@]2(NC=O)C(=O)N3C(C(=O)OC(c4ccccc4)c4ccccc4)=C(CBr)CS[C@@H]32)c2ccccc2)C(=O)C1=O. The monoisotopic (exact) mass is 802 g/mol. The van der Waals surface area contributed by atoms with Crippen LogP contribution in [0.2, 0.25) is 0 Å². The highest BCUT2D eigenvalue weighted by atomic mass is 79.9. The molecule has 0 aromatic heterocycles. The number of carbonyl (C=O) groups excluding carboxylic acids is 7. The molecule has 3 atom stereocenters. The van der Waals surface area contributed by atoms with E-state index >= 15 is 0 Å². The molecule has 3 aliphatic heterocycles. The van der Waals surface area contributed by atoms with Gasteiger partial charge in [-0.2, -0.15) is 0 Å². The van der Waals surface area contributed by atoms with Crippen molar-refractivity contribution in [3.63, 3.8) is 0 Å². The van der Waals surface area contributed by atoms with Crippen molar-refractivity contribution < 1.29 is 38.3 Å². The number of β-lactam (4-membered cyclic amide) rings is 1. The van der Waals surface area contributed by atoms with Crippen LogP contribution in [0.3, 0.4) is 0 Å². The van der Waals surface area contributed by atoms with Crippen molar-refractivity contribution in [1.29, 1.82) is 0 Å². The Morgan fingerprint density at radius 2 is 1.49 bits per heavy atom. The first-order valence-corrected chi connectivity index (χ1v) is 18.9. The molecule has 0 bridgehead atoms. The predicted octanol–water partition coefficient (Wildman–Crippen LogP) is 2.58. The first-order valence-electron chi connectivity index (χ1n) is 16.7. The largest absolute Gasteiger partial charge is 0.448 e. The highest BCUT2D eigenvalue weighted by molar-refractivity contribution is 9.09. The van der Waals surface area contributed by atoms with Crippen LogP contribution >= 0.6 is 27.7 Å². The van der Waals surface area contributed by atoms with Gasteiger partial charge in [-0.15, -0.1) is 11.8 Å². The zero-order valence-electron chi connectivity index (χ0n) is 28.4. The molecule has 53 heavy (non-hydrogen) atoms. The fraction of sp³-hybridized carbons (Fsp3) is 0.270. The maximum atomic E-state index is 14.2. The van der Waals surface area contributed by atoms with Crippen molar-refractivity contribution in [2.45, 2.75) is 30.1 Å². The van der Waals surface area contributed by atoms with Crippen LogP contribution < -0.4 is 16.0 Å². The molecule has 0 aliphatic carbocycles. The molecule has 3 aromatic rings. The summed E-state index contributed by atoms with van der Waals surface area (Å²) in [4.78, 5) is 96.5. The van der Waals surface area contributed by atoms with Gasteiger partial charge in [0.2, 0.25) is 18.0 Å². The molecule has 14 nitrogen and oxygen atoms in total. The fourth-order valence-electron chi connectivity index (χ4n) is 6.42. The summed E-state index contributed by atoms with van der Waals surface area (Å²) in [5.74, 6) is -4.14. The number of thioether (sulfide) groups is 1. The minimum atomic E-state index is -2.03. The number of halogens is 1. The van der Waals surface area contributed by atoms with Crippen LogP contribution in [0.25, 0.3) is 0 Å². The van der Waals surface area contributed by atoms with E-state index in [0.29, 0.717) is 22.3 Å². The van der Waals surface area contributed by atoms with Gasteiger partial charge in [-0.1, -0.05) is 107 Å². The molecule has 0 saturated carbocycles. The van der Waals surface area contributed by atoms with Crippen molar-refractivity contribution in [2.75, 3.05) is 30.7 Å². The average Bonchev–Trinajstić information content (AvgIpc) is 3.19. The van der Waals surface area contributed by atoms with Gasteiger partial charge in [-0.05, 0) is 29.2 Å². The van der Waals surface area contributed by atoms with Gasteiger partial charge in [0.1, 0.15) is 17.1 Å². The number of nitrogens with one attached hydrogen (secondary N) is 3. The number of amides is 7. The minimum absolute atomic E-state index is 0.0210. The number of ether oxygens (including phenoxy) is 1. The summed E-state index contributed by atoms with van der Waals surface area (Å²) in [6.07, 6.45) is -0.537. The van der Waals surface area contributed by atoms with Gasteiger partial charge < -0.3 is 25.6 Å². The van der Waals surface area contributed by atoms with Crippen molar-refractivity contribution in [3.8, 4) is 0 Å². The number of hydrogen-bond acceptors (Lipinski definition) is 9. The molecule has 7 amide bonds. The number of piperazine rings is 1. The van der Waals surface area contributed by atoms with E-state index in [0.717, 1.165) is 4.90 Å². The third-order valence-corrected chi connectivity index (χ3v) is 11.2. The number of hydrogen-bond donors (Lipinski definition) is 3. The van der Waals surface area contributed by atoms with Gasteiger partial charge in [-0.25, -0.2) is 9.59 Å². The summed E-state index contributed by atoms with van der Waals surface area (Å²) in [5.41, 5.74) is 0.229. The maximum absolute atomic E-state index is 14.2. The number of rotatable bonds is 12. The van der Waals surface area contributed by atoms with Crippen LogP contribution in [0, 0.1) is 0 Å². The molecule has 0 spiro atoms. The zero-order chi connectivity index (χ0) is 37.7. The number of urea groups is 1. The van der Waals surface area contributed by atoms with E-state index in [1.807, 2.05) is 60.7 Å². The van der Waals surface area contributed by atoms with Crippen molar-refractivity contribution >= 4 is 69.7 Å². The molecule has 6 rings (SSSR count). The Morgan fingerprint density at radius 3 is 2.04 bits per heavy atom. The lowest BCUT2D eigenvalue weighted by atomic mass is 9.94. The fourth-order valence-corrected chi connectivity index (χ4v) is 8.57. The Balaban J connectivity index is 1.27. The second-order valence-corrected chi connectivity index (χ2v) is 13.9. The van der Waals surface area contributed by atoms with Gasteiger partial charge in [0, 0.05) is 30.7 Å². The van der Waals surface area contributed by atoms with Crippen LogP contribution in [0.1, 0.15) is 35.8 Å². The molecule has 3 heterocycles. The van der Waals surface area contributed by atoms with Crippen molar-refractivity contribution in [3.05, 3.63) is 119 Å². The molecular weight excluding hydrogens is 768 g/mol. The van der Waals surface area contributed by atoms with E-state index in [9.17, 15) is 33.6 Å². The number of alkyl halides is 1. The summed E-state index contributed by atoms with van der Waals surface area (Å²) in [7, 11) is 0. The number of carbonyl (C=O) groups is 7. The highest BCUT2D eigenvalue weighted by Crippen LogP contribution is 2.46. The van der Waals surface area contributed by atoms with Crippen molar-refractivity contribution in [2.24, 2.45) is 0 Å². The lowest BCUT2D eigenvalue weighted by Crippen LogP contribution is -2.85. The Kier molecular flexibility index (Phi) is 11.3. The van der Waals surface area contributed by atoms with Gasteiger partial charge in [0.15, 0.2) is 6.10 Å². The molecule has 3 aromatic carbocycles. The number of nitrogens with zero attached hydrogens (tertiary/aromatic N) is 3. The third-order valence-electron chi connectivity index (χ3n) is 9.14. The van der Waals surface area contributed by atoms with E-state index in [1.165, 1.54) is 21.6 Å². The summed E-state index contributed by atoms with van der Waals surface area (Å²) in [6, 6.07) is 23.9. The van der Waals surface area contributed by atoms with Gasteiger partial charge in [0.05, 0.1) is 0 Å². The highest BCUT2D eigenvalue weighted by Gasteiger charge is 2.66. The van der Waals surface area contributed by atoms with Crippen LogP contribution in [0.5, 0.6) is 0 Å². The summed E-state index contributed by atoms with van der Waals surface area (Å²) in [6.45, 7) is 2.03. The lowest BCUT2D eigenvalue weighted by Gasteiger charge is -2.56. The number of imide groups is 1. The van der Waals surface area contributed by atoms with E-state index < -0.39 is 58.8 Å². The van der Waals surface area contributed by atoms with Gasteiger partial charge in [0.25, 0.3) is 5.91 Å². The quantitative estimate of drug-likeness (QED) is 0.0622. The van der Waals surface area contributed by atoms with E-state index in [2.05, 4.69) is 31.9 Å². The second-order valence-electron chi connectivity index (χ2n) is 12.2. The molecule has 0 radical (unpaired) electrons. The number of fused-ring (bicyclic) bond motifs is 1. The van der Waals surface area contributed by atoms with E-state index in [4.69, 9.17) is 4.74 Å². The summed E-state index contributed by atoms with van der Waals surface area (Å²) in [5, 5.41) is 6.88. The molecule has 16 heteroatoms. The Morgan fingerprint density at radius 1 is 0.906 bits per heavy atom. The standard InChI is InChI=1S/C37H35BrN6O8S/c1-2-42-18-19-43(32(48)31(42)47)36(51)40-27(23-12-6-3-7-13-23)30(46)41-37(39-22-45)34(50)44-28(26(20-38)21-53-35(37)44)33(49)52-29(24-14-8-4-9-15-24)25-16-10-5-11-17-25/h3-17,22,27,29,35H,2,18-21H2,1H3,(H,39,45)(H,40,51)(H,41,46)/t27-,35-,37-/m1/s1. The first-order chi connectivity index (χ1) is 25.6. The van der Waals surface area contributed by atoms with Crippen LogP contribution in [0.15, 0.2) is 102 Å². The molecule has 2 fully saturated rings. The van der Waals surface area contributed by atoms with E-state index in [1.54, 1.807) is 37.3 Å². The van der Waals surface area contributed by atoms with Crippen LogP contribution in [0.4, 0.5) is 4.79 Å². The van der Waals surface area contributed by atoms with Crippen molar-refractivity contribution in [1.82, 2.24) is 30.7 Å². The lowest BCUT2D eigenvalue weighted by molar-refractivity contribution is -0.164. The van der Waals surface area contributed by atoms with Crippen LogP contribution in [-0.2, 0) is 33.5 Å². The predicted molar refractivity (Wildman–Crippen MR) is 196 cm³/mol. The second kappa shape index (κ2) is 16.0. The molecule has 3 aliphatic rings. The number of esters is 1. The van der Waals surface area contributed by atoms with E-state index in [-0.39, 0.29) is 42.8 Å². The maximum Gasteiger partial charge on any atom is 0.356 e. The zero-order valence-corrected chi connectivity index (χ0v) is 30.8. The number of likely N-dealkylation sites (N-methyl/N-ethyl adjacent to an activating group) is 1. The summed E-state index contributed by atoms with van der Waals surface area (Å²) < 4.78 is 6.13. The molecule has 274 valence electrons. The normalized spacial score (nSPS) is 20.3. The summed E-state index contributed by atoms with van der Waals surface area (Å²) >= 11 is 4.64. The molecular formula is C37H35BrN6O8S. The molecule has 2 saturated heterocycles. The van der Waals surface area contributed by atoms with Gasteiger partial charge >= 0.3 is 23.8 Å². The molecule has 0 unspecified atom stereocenters. The smallest absolute Gasteiger partial charge is 0.356 e. The Hall–Kier alpha value is -5.48. The Labute approximate surface area is 317 Å². The van der Waals surface area contributed by atoms with Crippen LogP contribution in [-0.4, -0.2) is 98.5 Å². The number of benzene rings is 3. The third kappa shape index (κ3) is 7.15. The Bertz CT molecular complexity index is 1910. The topological polar surface area (TPSA) is 175 Å². The first kappa shape index (κ1) is 37.3. The molecule has 3 N–H and O–H groups in total. The van der Waals surface area contributed by atoms with Gasteiger partial charge in [-0.3, -0.25) is 33.8 Å². The minimum Gasteiger partial charge on any atom is -0.448 e.